The Labute approximate surface area is 131 Å². The largest absolute Gasteiger partial charge is 1.00 e. The van der Waals surface area contributed by atoms with Crippen LogP contribution in [0.3, 0.4) is 0 Å². The third kappa shape index (κ3) is 3.09. The Bertz CT molecular complexity index is 547. The molecular formula is C8H10N3NaO6S. The number of hydrogen-bond acceptors (Lipinski definition) is 6. The number of hydroxylamine groups is 2. The first kappa shape index (κ1) is 16.4. The van der Waals surface area contributed by atoms with E-state index in [1.807, 2.05) is 0 Å². The van der Waals surface area contributed by atoms with Gasteiger partial charge in [-0.1, -0.05) is 6.08 Å². The number of urea groups is 1. The first-order chi connectivity index (χ1) is 8.20. The fourth-order valence-corrected chi connectivity index (χ4v) is 2.51. The summed E-state index contributed by atoms with van der Waals surface area (Å²) in [5.41, 5.74) is 0.459. The summed E-state index contributed by atoms with van der Waals surface area (Å²) in [6.07, 6.45) is 1.46. The average Bonchev–Trinajstić information content (AvgIpc) is 2.41. The molecule has 1 saturated heterocycles. The van der Waals surface area contributed by atoms with Crippen LogP contribution in [0.15, 0.2) is 11.6 Å². The van der Waals surface area contributed by atoms with Crippen LogP contribution in [-0.2, 0) is 14.7 Å². The van der Waals surface area contributed by atoms with E-state index in [-0.39, 0.29) is 36.1 Å². The Morgan fingerprint density at radius 1 is 1.63 bits per heavy atom. The molecule has 9 nitrogen and oxygen atoms in total. The van der Waals surface area contributed by atoms with E-state index in [4.69, 9.17) is 9.96 Å². The van der Waals surface area contributed by atoms with E-state index in [0.717, 1.165) is 4.90 Å². The van der Waals surface area contributed by atoms with E-state index in [0.29, 0.717) is 10.6 Å². The predicted molar refractivity (Wildman–Crippen MR) is 55.6 cm³/mol. The van der Waals surface area contributed by atoms with Crippen molar-refractivity contribution < 1.29 is 56.7 Å². The Morgan fingerprint density at radius 2 is 2.21 bits per heavy atom. The first-order valence-corrected chi connectivity index (χ1v) is 6.28. The molecule has 100 valence electrons. The van der Waals surface area contributed by atoms with Gasteiger partial charge in [-0.2, -0.15) is 13.5 Å². The number of carbonyl (C=O) groups excluding carboxylic acids is 1. The molecular weight excluding hydrogens is 289 g/mol. The molecule has 2 heterocycles. The fourth-order valence-electron chi connectivity index (χ4n) is 2.14. The number of nitrogens with zero attached hydrogens (tertiary/aromatic N) is 2. The second kappa shape index (κ2) is 5.38. The van der Waals surface area contributed by atoms with Crippen LogP contribution in [0.4, 0.5) is 4.79 Å². The van der Waals surface area contributed by atoms with Gasteiger partial charge in [-0.25, -0.2) is 4.79 Å². The van der Waals surface area contributed by atoms with Gasteiger partial charge in [-0.15, -0.1) is 4.28 Å². The van der Waals surface area contributed by atoms with Gasteiger partial charge in [-0.05, 0) is 18.4 Å². The minimum absolute atomic E-state index is 0. The summed E-state index contributed by atoms with van der Waals surface area (Å²) in [6, 6.07) is -2.63. The standard InChI is InChI=1S/C8H11N3O6S.Na/c1-4-2-5-3-10(6(4)7(9)12)8(13)11(5)17-18(14,15)16;/h2,5-6H,3H2,1H3,(H2,9,12)(H,14,15,16);/q;+1/p-1. The molecule has 2 aliphatic heterocycles. The molecule has 0 aromatic heterocycles. The van der Waals surface area contributed by atoms with Crippen LogP contribution < -0.4 is 34.7 Å². The third-order valence-electron chi connectivity index (χ3n) is 2.74. The van der Waals surface area contributed by atoms with E-state index >= 15 is 0 Å². The van der Waals surface area contributed by atoms with Crippen molar-refractivity contribution in [1.82, 2.24) is 9.96 Å². The van der Waals surface area contributed by atoms with E-state index in [2.05, 4.69) is 4.28 Å². The van der Waals surface area contributed by atoms with Crippen LogP contribution in [0.5, 0.6) is 0 Å². The van der Waals surface area contributed by atoms with Crippen LogP contribution in [0.1, 0.15) is 6.92 Å². The van der Waals surface area contributed by atoms with Gasteiger partial charge >= 0.3 is 46.0 Å². The molecule has 0 aromatic carbocycles. The van der Waals surface area contributed by atoms with E-state index in [1.165, 1.54) is 6.08 Å². The number of carbonyl (C=O) groups is 1. The van der Waals surface area contributed by atoms with E-state index < -0.39 is 34.4 Å². The van der Waals surface area contributed by atoms with Crippen LogP contribution in [0, 0.1) is 5.41 Å². The Morgan fingerprint density at radius 3 is 2.68 bits per heavy atom. The predicted octanol–water partition coefficient (Wildman–Crippen LogP) is -4.50. The quantitative estimate of drug-likeness (QED) is 0.177. The normalized spacial score (nSPS) is 26.0. The fraction of sp³-hybridized carbons (Fsp3) is 0.500. The van der Waals surface area contributed by atoms with E-state index in [9.17, 15) is 18.3 Å². The van der Waals surface area contributed by atoms with Crippen molar-refractivity contribution in [3.05, 3.63) is 11.6 Å². The molecule has 19 heavy (non-hydrogen) atoms. The molecule has 0 saturated carbocycles. The van der Waals surface area contributed by atoms with Crippen molar-refractivity contribution in [3.8, 4) is 0 Å². The summed E-state index contributed by atoms with van der Waals surface area (Å²) in [7, 11) is -4.82. The average molecular weight is 299 g/mol. The van der Waals surface area contributed by atoms with Gasteiger partial charge in [0.25, 0.3) is 0 Å². The van der Waals surface area contributed by atoms with Gasteiger partial charge in [0.1, 0.15) is 0 Å². The zero-order valence-electron chi connectivity index (χ0n) is 10.2. The second-order valence-corrected chi connectivity index (χ2v) is 5.01. The molecule has 0 radical (unpaired) electrons. The molecule has 2 N–H and O–H groups in total. The smallest absolute Gasteiger partial charge is 0.861 e. The van der Waals surface area contributed by atoms with Crippen LogP contribution in [0.2, 0.25) is 0 Å². The van der Waals surface area contributed by atoms with Gasteiger partial charge < -0.3 is 15.4 Å². The number of rotatable bonds is 3. The molecule has 2 unspecified atom stereocenters. The first-order valence-electron chi connectivity index (χ1n) is 4.91. The molecule has 2 aliphatic rings. The van der Waals surface area contributed by atoms with Crippen molar-refractivity contribution in [2.24, 2.45) is 0 Å². The van der Waals surface area contributed by atoms with Gasteiger partial charge in [0.15, 0.2) is 0 Å². The SMILES string of the molecule is CC1=CC2CN(C(=O)N2OS(=O)(=O)O)C1C(=N)[O-].[Na+]. The molecule has 1 fully saturated rings. The van der Waals surface area contributed by atoms with Gasteiger partial charge in [-0.3, -0.25) is 4.55 Å². The number of nitrogens with one attached hydrogen (secondary N) is 1. The Hall–Kier alpha value is -0.650. The summed E-state index contributed by atoms with van der Waals surface area (Å²) in [5.74, 6) is -0.968. The topological polar surface area (TPSA) is 134 Å². The molecule has 2 atom stereocenters. The molecule has 2 amide bonds. The maximum Gasteiger partial charge on any atom is 1.00 e. The minimum Gasteiger partial charge on any atom is -0.861 e. The maximum atomic E-state index is 11.8. The number of fused-ring (bicyclic) bond motifs is 2. The summed E-state index contributed by atoms with van der Waals surface area (Å²) >= 11 is 0. The second-order valence-electron chi connectivity index (χ2n) is 4.01. The zero-order chi connectivity index (χ0) is 13.7. The molecule has 0 aromatic rings. The van der Waals surface area contributed by atoms with Crippen LogP contribution >= 0.6 is 0 Å². The van der Waals surface area contributed by atoms with Crippen molar-refractivity contribution >= 4 is 22.3 Å². The number of amides is 2. The van der Waals surface area contributed by atoms with Crippen LogP contribution in [0.25, 0.3) is 0 Å². The maximum absolute atomic E-state index is 11.8. The summed E-state index contributed by atoms with van der Waals surface area (Å²) in [6.45, 7) is 1.58. The third-order valence-corrected chi connectivity index (χ3v) is 3.09. The molecule has 2 rings (SSSR count). The van der Waals surface area contributed by atoms with Crippen molar-refractivity contribution in [2.45, 2.75) is 19.0 Å². The number of hydrogen-bond donors (Lipinski definition) is 2. The molecule has 2 bridgehead atoms. The summed E-state index contributed by atoms with van der Waals surface area (Å²) in [4.78, 5) is 12.8. The summed E-state index contributed by atoms with van der Waals surface area (Å²) in [5, 5.41) is 18.7. The Balaban J connectivity index is 0.00000180. The van der Waals surface area contributed by atoms with Crippen molar-refractivity contribution in [2.75, 3.05) is 6.54 Å². The van der Waals surface area contributed by atoms with Crippen LogP contribution in [-0.4, -0.2) is 53.5 Å². The van der Waals surface area contributed by atoms with Gasteiger partial charge in [0.05, 0.1) is 18.6 Å². The molecule has 0 aliphatic carbocycles. The zero-order valence-corrected chi connectivity index (χ0v) is 13.0. The van der Waals surface area contributed by atoms with Gasteiger partial charge in [0.2, 0.25) is 0 Å². The Kier molecular flexibility index (Phi) is 4.65. The monoisotopic (exact) mass is 299 g/mol. The minimum atomic E-state index is -4.82. The van der Waals surface area contributed by atoms with Gasteiger partial charge in [0, 0.05) is 0 Å². The molecule has 11 heteroatoms. The van der Waals surface area contributed by atoms with Crippen molar-refractivity contribution in [3.63, 3.8) is 0 Å². The molecule has 0 spiro atoms. The van der Waals surface area contributed by atoms with E-state index in [1.54, 1.807) is 6.92 Å². The summed E-state index contributed by atoms with van der Waals surface area (Å²) < 4.78 is 34.0. The van der Waals surface area contributed by atoms with Crippen molar-refractivity contribution in [1.29, 1.82) is 5.41 Å².